The van der Waals surface area contributed by atoms with Crippen LogP contribution in [0.15, 0.2) is 40.9 Å². The lowest BCUT2D eigenvalue weighted by molar-refractivity contribution is -0.140. The Labute approximate surface area is 159 Å². The van der Waals surface area contributed by atoms with Crippen molar-refractivity contribution in [3.8, 4) is 11.5 Å². The second-order valence-electron chi connectivity index (χ2n) is 5.06. The summed E-state index contributed by atoms with van der Waals surface area (Å²) >= 11 is 6.51. The molecule has 0 heterocycles. The third kappa shape index (κ3) is 5.22. The number of hydrogen-bond acceptors (Lipinski definition) is 3. The first kappa shape index (κ1) is 19.8. The zero-order chi connectivity index (χ0) is 18.6. The maximum absolute atomic E-state index is 12.8. The molecule has 0 atom stereocenters. The molecule has 0 bridgehead atoms. The number of halogens is 5. The van der Waals surface area contributed by atoms with Crippen LogP contribution in [0.3, 0.4) is 0 Å². The Balaban J connectivity index is 2.30. The minimum Gasteiger partial charge on any atom is -0.469 e. The number of benzene rings is 2. The van der Waals surface area contributed by atoms with Crippen LogP contribution in [0.4, 0.5) is 13.2 Å². The van der Waals surface area contributed by atoms with Crippen molar-refractivity contribution in [2.45, 2.75) is 17.9 Å². The van der Waals surface area contributed by atoms with Gasteiger partial charge in [-0.25, -0.2) is 0 Å². The minimum absolute atomic E-state index is 0.0482. The van der Waals surface area contributed by atoms with Crippen LogP contribution in [0.2, 0.25) is 0 Å². The molecule has 2 aromatic rings. The van der Waals surface area contributed by atoms with Crippen LogP contribution >= 0.6 is 31.9 Å². The van der Waals surface area contributed by atoms with Crippen molar-refractivity contribution in [3.63, 3.8) is 0 Å². The Morgan fingerprint density at radius 3 is 2.44 bits per heavy atom. The quantitative estimate of drug-likeness (QED) is 0.395. The van der Waals surface area contributed by atoms with Crippen LogP contribution in [0.1, 0.15) is 16.7 Å². The van der Waals surface area contributed by atoms with E-state index in [4.69, 9.17) is 4.74 Å². The Hall–Kier alpha value is -1.54. The fraction of sp³-hybridized carbons (Fsp3) is 0.235. The lowest BCUT2D eigenvalue weighted by Gasteiger charge is -2.14. The molecule has 2 rings (SSSR count). The molecular formula is C17H13Br2F3O3. The SMILES string of the molecule is COC(=O)Cc1cc(Oc2ccc(C(F)(F)F)cc2CBr)ccc1Br. The van der Waals surface area contributed by atoms with Crippen molar-refractivity contribution < 1.29 is 27.4 Å². The van der Waals surface area contributed by atoms with Crippen molar-refractivity contribution >= 4 is 37.8 Å². The van der Waals surface area contributed by atoms with Gasteiger partial charge in [0.15, 0.2) is 0 Å². The first-order valence-corrected chi connectivity index (χ1v) is 8.95. The molecule has 0 amide bonds. The van der Waals surface area contributed by atoms with E-state index >= 15 is 0 Å². The summed E-state index contributed by atoms with van der Waals surface area (Å²) in [6.07, 6.45) is -4.37. The van der Waals surface area contributed by atoms with Gasteiger partial charge in [0, 0.05) is 15.4 Å². The third-order valence-electron chi connectivity index (χ3n) is 3.34. The minimum atomic E-state index is -4.42. The van der Waals surface area contributed by atoms with E-state index in [1.165, 1.54) is 13.2 Å². The molecule has 0 aromatic heterocycles. The highest BCUT2D eigenvalue weighted by molar-refractivity contribution is 9.10. The zero-order valence-corrected chi connectivity index (χ0v) is 16.2. The average molecular weight is 482 g/mol. The van der Waals surface area contributed by atoms with Gasteiger partial charge in [0.25, 0.3) is 0 Å². The molecule has 25 heavy (non-hydrogen) atoms. The van der Waals surface area contributed by atoms with Gasteiger partial charge in [-0.15, -0.1) is 0 Å². The molecular weight excluding hydrogens is 469 g/mol. The largest absolute Gasteiger partial charge is 0.469 e. The van der Waals surface area contributed by atoms with E-state index in [-0.39, 0.29) is 11.8 Å². The van der Waals surface area contributed by atoms with Crippen LogP contribution in [-0.4, -0.2) is 13.1 Å². The van der Waals surface area contributed by atoms with Crippen LogP contribution in [0.5, 0.6) is 11.5 Å². The van der Waals surface area contributed by atoms with Gasteiger partial charge in [-0.2, -0.15) is 13.2 Å². The monoisotopic (exact) mass is 480 g/mol. The number of esters is 1. The first-order chi connectivity index (χ1) is 11.7. The lowest BCUT2D eigenvalue weighted by atomic mass is 10.1. The zero-order valence-electron chi connectivity index (χ0n) is 13.0. The molecule has 2 aromatic carbocycles. The molecule has 0 radical (unpaired) electrons. The predicted octanol–water partition coefficient (Wildman–Crippen LogP) is 5.87. The molecule has 8 heteroatoms. The maximum atomic E-state index is 12.8. The molecule has 0 unspecified atom stereocenters. The van der Waals surface area contributed by atoms with Crippen LogP contribution in [-0.2, 0) is 27.5 Å². The van der Waals surface area contributed by atoms with Crippen molar-refractivity contribution in [3.05, 3.63) is 57.6 Å². The topological polar surface area (TPSA) is 35.5 Å². The van der Waals surface area contributed by atoms with E-state index in [9.17, 15) is 18.0 Å². The van der Waals surface area contributed by atoms with Crippen molar-refractivity contribution in [2.24, 2.45) is 0 Å². The smallest absolute Gasteiger partial charge is 0.416 e. The summed E-state index contributed by atoms with van der Waals surface area (Å²) in [5, 5.41) is 0.206. The third-order valence-corrected chi connectivity index (χ3v) is 4.72. The number of carbonyl (C=O) groups is 1. The standard InChI is InChI=1S/C17H13Br2F3O3/c1-24-16(23)8-10-7-13(3-4-14(10)19)25-15-5-2-12(17(20,21)22)6-11(15)9-18/h2-7H,8-9H2,1H3. The van der Waals surface area contributed by atoms with Gasteiger partial charge in [0.05, 0.1) is 19.1 Å². The van der Waals surface area contributed by atoms with E-state index in [2.05, 4.69) is 36.6 Å². The number of alkyl halides is 4. The first-order valence-electron chi connectivity index (χ1n) is 7.03. The summed E-state index contributed by atoms with van der Waals surface area (Å²) in [6, 6.07) is 8.28. The molecule has 0 saturated carbocycles. The molecule has 0 N–H and O–H groups in total. The highest BCUT2D eigenvalue weighted by atomic mass is 79.9. The number of carbonyl (C=O) groups excluding carboxylic acids is 1. The van der Waals surface area contributed by atoms with E-state index in [0.717, 1.165) is 12.1 Å². The highest BCUT2D eigenvalue weighted by Crippen LogP contribution is 2.35. The Morgan fingerprint density at radius 1 is 1.12 bits per heavy atom. The number of methoxy groups -OCH3 is 1. The van der Waals surface area contributed by atoms with Crippen LogP contribution in [0.25, 0.3) is 0 Å². The van der Waals surface area contributed by atoms with E-state index < -0.39 is 17.7 Å². The molecule has 0 fully saturated rings. The number of rotatable bonds is 5. The molecule has 0 aliphatic heterocycles. The molecule has 0 aliphatic carbocycles. The van der Waals surface area contributed by atoms with Crippen molar-refractivity contribution in [1.82, 2.24) is 0 Å². The molecule has 3 nitrogen and oxygen atoms in total. The van der Waals surface area contributed by atoms with Gasteiger partial charge in [0.2, 0.25) is 0 Å². The van der Waals surface area contributed by atoms with Crippen LogP contribution in [0, 0.1) is 0 Å². The van der Waals surface area contributed by atoms with Gasteiger partial charge >= 0.3 is 12.1 Å². The number of ether oxygens (including phenoxy) is 2. The fourth-order valence-corrected chi connectivity index (χ4v) is 2.89. The summed E-state index contributed by atoms with van der Waals surface area (Å²) in [5.74, 6) is 0.300. The van der Waals surface area contributed by atoms with Crippen molar-refractivity contribution in [2.75, 3.05) is 7.11 Å². The van der Waals surface area contributed by atoms with E-state index in [1.807, 2.05) is 0 Å². The Bertz CT molecular complexity index is 776. The van der Waals surface area contributed by atoms with Crippen molar-refractivity contribution in [1.29, 1.82) is 0 Å². The summed E-state index contributed by atoms with van der Waals surface area (Å²) < 4.78 is 49.5. The van der Waals surface area contributed by atoms with E-state index in [0.29, 0.717) is 27.1 Å². The van der Waals surface area contributed by atoms with Gasteiger partial charge in [-0.1, -0.05) is 31.9 Å². The fourth-order valence-electron chi connectivity index (χ4n) is 2.06. The second-order valence-corrected chi connectivity index (χ2v) is 6.48. The Morgan fingerprint density at radius 2 is 1.84 bits per heavy atom. The molecule has 134 valence electrons. The van der Waals surface area contributed by atoms with Crippen LogP contribution < -0.4 is 4.74 Å². The maximum Gasteiger partial charge on any atom is 0.416 e. The second kappa shape index (κ2) is 8.23. The normalized spacial score (nSPS) is 11.3. The molecule has 0 spiro atoms. The highest BCUT2D eigenvalue weighted by Gasteiger charge is 2.31. The Kier molecular flexibility index (Phi) is 6.51. The van der Waals surface area contributed by atoms with Gasteiger partial charge < -0.3 is 9.47 Å². The average Bonchev–Trinajstić information content (AvgIpc) is 2.57. The summed E-state index contributed by atoms with van der Waals surface area (Å²) in [5.41, 5.74) is 0.278. The molecule has 0 saturated heterocycles. The predicted molar refractivity (Wildman–Crippen MR) is 94.0 cm³/mol. The van der Waals surface area contributed by atoms with Gasteiger partial charge in [0.1, 0.15) is 11.5 Å². The van der Waals surface area contributed by atoms with Gasteiger partial charge in [-0.05, 0) is 42.0 Å². The number of hydrogen-bond donors (Lipinski definition) is 0. The summed E-state index contributed by atoms with van der Waals surface area (Å²) in [4.78, 5) is 11.4. The molecule has 0 aliphatic rings. The summed E-state index contributed by atoms with van der Waals surface area (Å²) in [6.45, 7) is 0. The van der Waals surface area contributed by atoms with Gasteiger partial charge in [-0.3, -0.25) is 4.79 Å². The summed E-state index contributed by atoms with van der Waals surface area (Å²) in [7, 11) is 1.29. The van der Waals surface area contributed by atoms with E-state index in [1.54, 1.807) is 18.2 Å². The lowest BCUT2D eigenvalue weighted by Crippen LogP contribution is -2.06.